The van der Waals surface area contributed by atoms with Crippen LogP contribution < -0.4 is 0 Å². The Morgan fingerprint density at radius 2 is 1.94 bits per heavy atom. The van der Waals surface area contributed by atoms with Crippen molar-refractivity contribution < 1.29 is 9.47 Å². The van der Waals surface area contributed by atoms with E-state index >= 15 is 0 Å². The summed E-state index contributed by atoms with van der Waals surface area (Å²) in [7, 11) is 0. The van der Waals surface area contributed by atoms with Crippen LogP contribution >= 0.6 is 22.6 Å². The fraction of sp³-hybridized carbons (Fsp3) is 1.00. The molecule has 0 spiro atoms. The van der Waals surface area contributed by atoms with E-state index in [0.717, 1.165) is 19.4 Å². The van der Waals surface area contributed by atoms with Crippen LogP contribution in [0.3, 0.4) is 0 Å². The summed E-state index contributed by atoms with van der Waals surface area (Å²) in [5, 5.41) is 0. The van der Waals surface area contributed by atoms with Crippen molar-refractivity contribution in [3.05, 3.63) is 0 Å². The minimum atomic E-state index is 0.0768. The lowest BCUT2D eigenvalue weighted by molar-refractivity contribution is -0.135. The number of rotatable bonds is 9. The molecule has 0 saturated carbocycles. The summed E-state index contributed by atoms with van der Waals surface area (Å²) in [5.74, 6) is 0.707. The van der Waals surface area contributed by atoms with Crippen LogP contribution in [0.1, 0.15) is 58.8 Å². The van der Waals surface area contributed by atoms with Gasteiger partial charge in [-0.15, -0.1) is 0 Å². The first-order valence-corrected chi connectivity index (χ1v) is 8.67. The maximum atomic E-state index is 6.03. The number of alkyl halides is 1. The van der Waals surface area contributed by atoms with Gasteiger partial charge in [0.2, 0.25) is 0 Å². The van der Waals surface area contributed by atoms with Gasteiger partial charge in [-0.1, -0.05) is 62.1 Å². The molecule has 0 aliphatic carbocycles. The first-order chi connectivity index (χ1) is 8.31. The largest absolute Gasteiger partial charge is 0.353 e. The number of ether oxygens (including phenoxy) is 2. The van der Waals surface area contributed by atoms with Gasteiger partial charge in [0, 0.05) is 17.5 Å². The van der Waals surface area contributed by atoms with E-state index in [0.29, 0.717) is 12.0 Å². The van der Waals surface area contributed by atoms with Crippen LogP contribution in [0.15, 0.2) is 0 Å². The van der Waals surface area contributed by atoms with E-state index in [2.05, 4.69) is 36.4 Å². The number of halogens is 1. The van der Waals surface area contributed by atoms with Crippen molar-refractivity contribution in [1.82, 2.24) is 0 Å². The van der Waals surface area contributed by atoms with Crippen LogP contribution in [0.5, 0.6) is 0 Å². The van der Waals surface area contributed by atoms with Gasteiger partial charge in [-0.3, -0.25) is 0 Å². The van der Waals surface area contributed by atoms with E-state index in [1.165, 1.54) is 36.5 Å². The first kappa shape index (κ1) is 15.7. The molecule has 102 valence electrons. The lowest BCUT2D eigenvalue weighted by Gasteiger charge is -2.16. The highest BCUT2D eigenvalue weighted by Crippen LogP contribution is 2.32. The van der Waals surface area contributed by atoms with E-state index in [-0.39, 0.29) is 6.29 Å². The van der Waals surface area contributed by atoms with Gasteiger partial charge in [-0.05, 0) is 18.8 Å². The normalized spacial score (nSPS) is 28.8. The van der Waals surface area contributed by atoms with Gasteiger partial charge in [0.25, 0.3) is 0 Å². The molecule has 1 fully saturated rings. The Hall–Kier alpha value is 0.650. The van der Waals surface area contributed by atoms with Gasteiger partial charge in [-0.2, -0.15) is 0 Å². The van der Waals surface area contributed by atoms with Gasteiger partial charge in [0.15, 0.2) is 6.29 Å². The zero-order valence-corrected chi connectivity index (χ0v) is 13.4. The third-order valence-corrected chi connectivity index (χ3v) is 4.57. The van der Waals surface area contributed by atoms with Crippen molar-refractivity contribution in [3.63, 3.8) is 0 Å². The third kappa shape index (κ3) is 5.88. The van der Waals surface area contributed by atoms with Crippen molar-refractivity contribution in [2.45, 2.75) is 71.2 Å². The molecular weight excluding hydrogens is 327 g/mol. The second-order valence-corrected chi connectivity index (χ2v) is 5.86. The Kier molecular flexibility index (Phi) is 8.84. The van der Waals surface area contributed by atoms with Crippen LogP contribution in [0.2, 0.25) is 0 Å². The molecule has 0 amide bonds. The fourth-order valence-corrected chi connectivity index (χ4v) is 3.22. The molecule has 3 heteroatoms. The second-order valence-electron chi connectivity index (χ2n) is 4.97. The quantitative estimate of drug-likeness (QED) is 0.344. The number of hydrogen-bond donors (Lipinski definition) is 0. The molecule has 0 bridgehead atoms. The van der Waals surface area contributed by atoms with E-state index in [1.54, 1.807) is 0 Å². The molecule has 1 aliphatic rings. The average Bonchev–Trinajstić information content (AvgIpc) is 2.72. The van der Waals surface area contributed by atoms with Gasteiger partial charge in [0.1, 0.15) is 0 Å². The summed E-state index contributed by atoms with van der Waals surface area (Å²) in [5.41, 5.74) is 0. The lowest BCUT2D eigenvalue weighted by Crippen LogP contribution is -2.18. The highest BCUT2D eigenvalue weighted by atomic mass is 127. The fourth-order valence-electron chi connectivity index (χ4n) is 2.29. The molecule has 1 unspecified atom stereocenters. The molecule has 2 nitrogen and oxygen atoms in total. The smallest absolute Gasteiger partial charge is 0.158 e. The van der Waals surface area contributed by atoms with Crippen molar-refractivity contribution in [2.24, 2.45) is 5.92 Å². The summed E-state index contributed by atoms with van der Waals surface area (Å²) < 4.78 is 13.0. The van der Waals surface area contributed by atoms with Gasteiger partial charge >= 0.3 is 0 Å². The molecule has 0 aromatic heterocycles. The highest BCUT2D eigenvalue weighted by Gasteiger charge is 2.34. The molecule has 1 aliphatic heterocycles. The zero-order chi connectivity index (χ0) is 12.5. The minimum Gasteiger partial charge on any atom is -0.353 e. The molecular formula is C14H27IO2. The van der Waals surface area contributed by atoms with Gasteiger partial charge in [0.05, 0.1) is 6.10 Å². The third-order valence-electron chi connectivity index (χ3n) is 3.44. The van der Waals surface area contributed by atoms with Crippen molar-refractivity contribution in [1.29, 1.82) is 0 Å². The standard InChI is InChI=1S/C14H27IO2/c1-3-5-7-8-13-12(11-15)10-14(17-13)16-9-6-4-2/h12-14H,3-11H2,1-2H3/t12-,13-,14?/m0/s1. The summed E-state index contributed by atoms with van der Waals surface area (Å²) >= 11 is 2.49. The van der Waals surface area contributed by atoms with E-state index in [9.17, 15) is 0 Å². The molecule has 1 saturated heterocycles. The summed E-state index contributed by atoms with van der Waals surface area (Å²) in [6.07, 6.45) is 9.11. The SMILES string of the molecule is CCCCC[C@@H]1OC(OCCCC)C[C@H]1CI. The molecule has 17 heavy (non-hydrogen) atoms. The van der Waals surface area contributed by atoms with Gasteiger partial charge in [-0.25, -0.2) is 0 Å². The number of hydrogen-bond acceptors (Lipinski definition) is 2. The van der Waals surface area contributed by atoms with Crippen LogP contribution in [0.25, 0.3) is 0 Å². The summed E-state index contributed by atoms with van der Waals surface area (Å²) in [6, 6.07) is 0. The van der Waals surface area contributed by atoms with Crippen LogP contribution in [0.4, 0.5) is 0 Å². The molecule has 0 aromatic rings. The molecule has 0 radical (unpaired) electrons. The van der Waals surface area contributed by atoms with E-state index < -0.39 is 0 Å². The summed E-state index contributed by atoms with van der Waals surface area (Å²) in [4.78, 5) is 0. The Morgan fingerprint density at radius 3 is 2.59 bits per heavy atom. The van der Waals surface area contributed by atoms with Crippen LogP contribution in [-0.4, -0.2) is 23.4 Å². The minimum absolute atomic E-state index is 0.0768. The molecule has 0 N–H and O–H groups in total. The molecule has 0 aromatic carbocycles. The highest BCUT2D eigenvalue weighted by molar-refractivity contribution is 14.1. The van der Waals surface area contributed by atoms with Crippen LogP contribution in [0, 0.1) is 5.92 Å². The topological polar surface area (TPSA) is 18.5 Å². The Bertz CT molecular complexity index is 187. The molecule has 1 heterocycles. The van der Waals surface area contributed by atoms with E-state index in [1.807, 2.05) is 0 Å². The monoisotopic (exact) mass is 354 g/mol. The second kappa shape index (κ2) is 9.56. The molecule has 1 rings (SSSR count). The molecule has 3 atom stereocenters. The Labute approximate surface area is 120 Å². The Balaban J connectivity index is 2.23. The van der Waals surface area contributed by atoms with Gasteiger partial charge < -0.3 is 9.47 Å². The number of unbranched alkanes of at least 4 members (excludes halogenated alkanes) is 3. The predicted octanol–water partition coefficient (Wildman–Crippen LogP) is 4.55. The maximum Gasteiger partial charge on any atom is 0.158 e. The predicted molar refractivity (Wildman–Crippen MR) is 80.7 cm³/mol. The lowest BCUT2D eigenvalue weighted by atomic mass is 9.99. The average molecular weight is 354 g/mol. The van der Waals surface area contributed by atoms with E-state index in [4.69, 9.17) is 9.47 Å². The zero-order valence-electron chi connectivity index (χ0n) is 11.3. The van der Waals surface area contributed by atoms with Crippen molar-refractivity contribution >= 4 is 22.6 Å². The van der Waals surface area contributed by atoms with Crippen molar-refractivity contribution in [3.8, 4) is 0 Å². The summed E-state index contributed by atoms with van der Waals surface area (Å²) in [6.45, 7) is 5.30. The maximum absolute atomic E-state index is 6.03. The Morgan fingerprint density at radius 1 is 1.18 bits per heavy atom. The van der Waals surface area contributed by atoms with Crippen LogP contribution in [-0.2, 0) is 9.47 Å². The first-order valence-electron chi connectivity index (χ1n) is 7.14. The van der Waals surface area contributed by atoms with Crippen molar-refractivity contribution in [2.75, 3.05) is 11.0 Å².